The van der Waals surface area contributed by atoms with Gasteiger partial charge in [0.05, 0.1) is 10.5 Å². The van der Waals surface area contributed by atoms with Crippen LogP contribution < -0.4 is 5.14 Å². The molecule has 0 fully saturated rings. The SMILES string of the molecule is NS(=O)(=O)c1ccc(F)c2c1C1(CC2)OC=CO1. The van der Waals surface area contributed by atoms with Crippen molar-refractivity contribution in [3.63, 3.8) is 0 Å². The quantitative estimate of drug-likeness (QED) is 0.829. The highest BCUT2D eigenvalue weighted by Gasteiger charge is 2.48. The summed E-state index contributed by atoms with van der Waals surface area (Å²) in [5, 5.41) is 5.15. The fourth-order valence-corrected chi connectivity index (χ4v) is 3.27. The van der Waals surface area contributed by atoms with Crippen LogP contribution in [0, 0.1) is 5.82 Å². The Balaban J connectivity index is 2.30. The van der Waals surface area contributed by atoms with Gasteiger partial charge in [-0.25, -0.2) is 17.9 Å². The second kappa shape index (κ2) is 3.46. The van der Waals surface area contributed by atoms with Gasteiger partial charge in [0.1, 0.15) is 18.3 Å². The molecule has 1 spiro atoms. The number of rotatable bonds is 1. The lowest BCUT2D eigenvalue weighted by Crippen LogP contribution is -2.27. The van der Waals surface area contributed by atoms with Crippen molar-refractivity contribution < 1.29 is 22.3 Å². The zero-order chi connectivity index (χ0) is 13.0. The van der Waals surface area contributed by atoms with Crippen LogP contribution in [0.2, 0.25) is 0 Å². The number of sulfonamides is 1. The molecule has 1 aromatic carbocycles. The first-order valence-corrected chi connectivity index (χ1v) is 6.84. The smallest absolute Gasteiger partial charge is 0.278 e. The standard InChI is InChI=1S/C11H10FNO4S/c12-8-1-2-9(18(13,14)15)10-7(8)3-4-11(10)16-5-6-17-11/h1-2,5-6H,3-4H2,(H2,13,14,15). The average molecular weight is 271 g/mol. The highest BCUT2D eigenvalue weighted by Crippen LogP contribution is 2.47. The van der Waals surface area contributed by atoms with E-state index in [1.807, 2.05) is 0 Å². The van der Waals surface area contributed by atoms with E-state index in [1.165, 1.54) is 12.5 Å². The van der Waals surface area contributed by atoms with Crippen molar-refractivity contribution in [3.8, 4) is 0 Å². The summed E-state index contributed by atoms with van der Waals surface area (Å²) in [6, 6.07) is 2.24. The molecule has 1 heterocycles. The van der Waals surface area contributed by atoms with Gasteiger partial charge in [0.2, 0.25) is 10.0 Å². The normalized spacial score (nSPS) is 19.7. The number of ether oxygens (including phenoxy) is 2. The van der Waals surface area contributed by atoms with Crippen LogP contribution in [-0.4, -0.2) is 8.42 Å². The molecule has 0 unspecified atom stereocenters. The molecule has 3 rings (SSSR count). The van der Waals surface area contributed by atoms with Gasteiger partial charge in [0.15, 0.2) is 0 Å². The molecule has 0 bridgehead atoms. The van der Waals surface area contributed by atoms with Gasteiger partial charge in [-0.3, -0.25) is 0 Å². The van der Waals surface area contributed by atoms with Crippen LogP contribution in [-0.2, 0) is 31.7 Å². The number of nitrogens with two attached hydrogens (primary N) is 1. The average Bonchev–Trinajstić information content (AvgIpc) is 2.88. The highest BCUT2D eigenvalue weighted by atomic mass is 32.2. The van der Waals surface area contributed by atoms with Crippen molar-refractivity contribution in [2.24, 2.45) is 5.14 Å². The predicted octanol–water partition coefficient (Wildman–Crippen LogP) is 1.09. The van der Waals surface area contributed by atoms with Gasteiger partial charge in [0, 0.05) is 12.0 Å². The molecule has 18 heavy (non-hydrogen) atoms. The molecule has 5 nitrogen and oxygen atoms in total. The fourth-order valence-electron chi connectivity index (χ4n) is 2.45. The second-order valence-corrected chi connectivity index (χ2v) is 5.73. The summed E-state index contributed by atoms with van der Waals surface area (Å²) >= 11 is 0. The second-order valence-electron chi connectivity index (χ2n) is 4.20. The van der Waals surface area contributed by atoms with Crippen LogP contribution in [0.1, 0.15) is 17.5 Å². The first-order chi connectivity index (χ1) is 8.44. The third kappa shape index (κ3) is 1.44. The van der Waals surface area contributed by atoms with Crippen molar-refractivity contribution in [1.29, 1.82) is 0 Å². The monoisotopic (exact) mass is 271 g/mol. The number of primary sulfonamides is 1. The summed E-state index contributed by atoms with van der Waals surface area (Å²) in [7, 11) is -3.96. The van der Waals surface area contributed by atoms with E-state index in [0.717, 1.165) is 12.1 Å². The topological polar surface area (TPSA) is 78.6 Å². The lowest BCUT2D eigenvalue weighted by molar-refractivity contribution is -0.148. The molecule has 0 atom stereocenters. The number of halogens is 1. The van der Waals surface area contributed by atoms with Gasteiger partial charge >= 0.3 is 0 Å². The maximum Gasteiger partial charge on any atom is 0.278 e. The van der Waals surface area contributed by atoms with Crippen molar-refractivity contribution in [3.05, 3.63) is 41.6 Å². The van der Waals surface area contributed by atoms with Gasteiger partial charge in [-0.2, -0.15) is 0 Å². The molecule has 0 aromatic heterocycles. The maximum absolute atomic E-state index is 13.7. The third-order valence-electron chi connectivity index (χ3n) is 3.18. The van der Waals surface area contributed by atoms with E-state index >= 15 is 0 Å². The van der Waals surface area contributed by atoms with Crippen molar-refractivity contribution in [2.75, 3.05) is 0 Å². The summed E-state index contributed by atoms with van der Waals surface area (Å²) in [6.45, 7) is 0. The molecular formula is C11H10FNO4S. The lowest BCUT2D eigenvalue weighted by Gasteiger charge is -2.25. The molecule has 0 radical (unpaired) electrons. The number of benzene rings is 1. The van der Waals surface area contributed by atoms with Gasteiger partial charge < -0.3 is 9.47 Å². The Morgan fingerprint density at radius 1 is 1.28 bits per heavy atom. The van der Waals surface area contributed by atoms with E-state index < -0.39 is 21.6 Å². The summed E-state index contributed by atoms with van der Waals surface area (Å²) in [6.07, 6.45) is 3.31. The molecule has 2 aliphatic rings. The Hall–Kier alpha value is -1.60. The molecule has 96 valence electrons. The minimum Gasteiger partial charge on any atom is -0.453 e. The Bertz CT molecular complexity index is 645. The van der Waals surface area contributed by atoms with E-state index in [4.69, 9.17) is 14.6 Å². The van der Waals surface area contributed by atoms with Crippen LogP contribution in [0.5, 0.6) is 0 Å². The molecule has 0 amide bonds. The Kier molecular flexibility index (Phi) is 2.21. The van der Waals surface area contributed by atoms with Crippen LogP contribution in [0.25, 0.3) is 0 Å². The summed E-state index contributed by atoms with van der Waals surface area (Å²) in [4.78, 5) is -0.153. The number of hydrogen-bond acceptors (Lipinski definition) is 4. The van der Waals surface area contributed by atoms with Crippen LogP contribution in [0.3, 0.4) is 0 Å². The Morgan fingerprint density at radius 2 is 1.94 bits per heavy atom. The summed E-state index contributed by atoms with van der Waals surface area (Å²) < 4.78 is 47.5. The minimum atomic E-state index is -3.96. The first kappa shape index (κ1) is 11.5. The first-order valence-electron chi connectivity index (χ1n) is 5.29. The van der Waals surface area contributed by atoms with Crippen LogP contribution in [0.15, 0.2) is 29.6 Å². The summed E-state index contributed by atoms with van der Waals surface area (Å²) in [5.41, 5.74) is 0.459. The number of hydrogen-bond donors (Lipinski definition) is 1. The van der Waals surface area contributed by atoms with Gasteiger partial charge in [-0.05, 0) is 18.6 Å². The van der Waals surface area contributed by atoms with E-state index in [-0.39, 0.29) is 16.0 Å². The van der Waals surface area contributed by atoms with Crippen LogP contribution in [0.4, 0.5) is 4.39 Å². The van der Waals surface area contributed by atoms with E-state index in [0.29, 0.717) is 12.8 Å². The van der Waals surface area contributed by atoms with E-state index in [1.54, 1.807) is 0 Å². The van der Waals surface area contributed by atoms with Crippen LogP contribution >= 0.6 is 0 Å². The summed E-state index contributed by atoms with van der Waals surface area (Å²) in [5.74, 6) is -1.73. The van der Waals surface area contributed by atoms with E-state index in [9.17, 15) is 12.8 Å². The molecule has 7 heteroatoms. The van der Waals surface area contributed by atoms with E-state index in [2.05, 4.69) is 0 Å². The van der Waals surface area contributed by atoms with Crippen molar-refractivity contribution in [2.45, 2.75) is 23.5 Å². The minimum absolute atomic E-state index is 0.153. The van der Waals surface area contributed by atoms with Gasteiger partial charge in [0.25, 0.3) is 5.79 Å². The van der Waals surface area contributed by atoms with Crippen molar-refractivity contribution >= 4 is 10.0 Å². The molecular weight excluding hydrogens is 261 g/mol. The lowest BCUT2D eigenvalue weighted by atomic mass is 10.1. The molecule has 0 saturated carbocycles. The fraction of sp³-hybridized carbons (Fsp3) is 0.273. The molecule has 2 N–H and O–H groups in total. The predicted molar refractivity (Wildman–Crippen MR) is 59.1 cm³/mol. The largest absolute Gasteiger partial charge is 0.453 e. The zero-order valence-electron chi connectivity index (χ0n) is 9.22. The molecule has 1 aliphatic carbocycles. The number of fused-ring (bicyclic) bond motifs is 2. The maximum atomic E-state index is 13.7. The van der Waals surface area contributed by atoms with Crippen molar-refractivity contribution in [1.82, 2.24) is 0 Å². The molecule has 1 aliphatic heterocycles. The third-order valence-corrected chi connectivity index (χ3v) is 4.13. The molecule has 1 aromatic rings. The zero-order valence-corrected chi connectivity index (χ0v) is 10.0. The Labute approximate surface area is 103 Å². The van der Waals surface area contributed by atoms with Gasteiger partial charge in [-0.1, -0.05) is 0 Å². The van der Waals surface area contributed by atoms with Gasteiger partial charge in [-0.15, -0.1) is 0 Å². The Morgan fingerprint density at radius 3 is 2.56 bits per heavy atom. The molecule has 0 saturated heterocycles. The highest BCUT2D eigenvalue weighted by molar-refractivity contribution is 7.89.